The van der Waals surface area contributed by atoms with Gasteiger partial charge in [0.25, 0.3) is 0 Å². The van der Waals surface area contributed by atoms with Gasteiger partial charge in [-0.25, -0.2) is 0 Å². The van der Waals surface area contributed by atoms with Crippen molar-refractivity contribution in [2.24, 2.45) is 0 Å². The molecule has 0 aromatic carbocycles. The molecule has 2 aromatic rings. The predicted octanol–water partition coefficient (Wildman–Crippen LogP) is 1.03. The lowest BCUT2D eigenvalue weighted by atomic mass is 10.2. The second-order valence-corrected chi connectivity index (χ2v) is 4.47. The van der Waals surface area contributed by atoms with Crippen molar-refractivity contribution >= 4 is 17.8 Å². The molecule has 0 spiro atoms. The molecule has 0 saturated carbocycles. The molecule has 0 atom stereocenters. The topological polar surface area (TPSA) is 78.9 Å². The minimum atomic E-state index is 0.549. The Morgan fingerprint density at radius 3 is 2.60 bits per heavy atom. The van der Waals surface area contributed by atoms with E-state index in [-0.39, 0.29) is 0 Å². The number of pyridine rings is 1. The van der Waals surface area contributed by atoms with Crippen LogP contribution in [0.3, 0.4) is 0 Å². The first kappa shape index (κ1) is 14.0. The van der Waals surface area contributed by atoms with Crippen LogP contribution in [0.2, 0.25) is 0 Å². The van der Waals surface area contributed by atoms with E-state index in [4.69, 9.17) is 0 Å². The van der Waals surface area contributed by atoms with Gasteiger partial charge in [-0.05, 0) is 18.1 Å². The van der Waals surface area contributed by atoms with Crippen LogP contribution in [0.5, 0.6) is 0 Å². The second kappa shape index (κ2) is 6.65. The Hall–Kier alpha value is -2.44. The normalized spacial score (nSPS) is 10.2. The van der Waals surface area contributed by atoms with Gasteiger partial charge in [0.15, 0.2) is 0 Å². The number of nitrogens with one attached hydrogen (secondary N) is 2. The quantitative estimate of drug-likeness (QED) is 0.813. The molecule has 7 heteroatoms. The zero-order valence-electron chi connectivity index (χ0n) is 12.0. The van der Waals surface area contributed by atoms with Gasteiger partial charge in [0.1, 0.15) is 0 Å². The van der Waals surface area contributed by atoms with Crippen molar-refractivity contribution in [2.75, 3.05) is 43.2 Å². The fourth-order valence-corrected chi connectivity index (χ4v) is 1.62. The van der Waals surface area contributed by atoms with Gasteiger partial charge in [-0.2, -0.15) is 15.0 Å². The van der Waals surface area contributed by atoms with Gasteiger partial charge in [-0.1, -0.05) is 6.07 Å². The maximum absolute atomic E-state index is 4.35. The predicted molar refractivity (Wildman–Crippen MR) is 80.1 cm³/mol. The van der Waals surface area contributed by atoms with Crippen LogP contribution < -0.4 is 15.5 Å². The standard InChI is InChI=1S/C13H19N7/c1-14-11-17-12(19-13(18-11)20(2)3)16-8-6-10-5-4-7-15-9-10/h4-5,7,9H,6,8H2,1-3H3,(H2,14,16,17,18,19). The smallest absolute Gasteiger partial charge is 0.231 e. The molecule has 20 heavy (non-hydrogen) atoms. The van der Waals surface area contributed by atoms with E-state index in [9.17, 15) is 0 Å². The van der Waals surface area contributed by atoms with E-state index >= 15 is 0 Å². The zero-order chi connectivity index (χ0) is 14.4. The van der Waals surface area contributed by atoms with E-state index < -0.39 is 0 Å². The molecule has 7 nitrogen and oxygen atoms in total. The Bertz CT molecular complexity index is 542. The zero-order valence-corrected chi connectivity index (χ0v) is 12.0. The number of rotatable bonds is 6. The van der Waals surface area contributed by atoms with Crippen LogP contribution in [0.1, 0.15) is 5.56 Å². The third-order valence-corrected chi connectivity index (χ3v) is 2.67. The highest BCUT2D eigenvalue weighted by Crippen LogP contribution is 2.10. The molecule has 0 amide bonds. The summed E-state index contributed by atoms with van der Waals surface area (Å²) in [4.78, 5) is 18.8. The number of nitrogens with zero attached hydrogens (tertiary/aromatic N) is 5. The Balaban J connectivity index is 2.00. The minimum Gasteiger partial charge on any atom is -0.357 e. The molecule has 2 N–H and O–H groups in total. The maximum atomic E-state index is 4.35. The number of hydrogen-bond donors (Lipinski definition) is 2. The molecule has 2 heterocycles. The highest BCUT2D eigenvalue weighted by molar-refractivity contribution is 5.42. The molecule has 2 rings (SSSR count). The first-order valence-electron chi connectivity index (χ1n) is 6.43. The van der Waals surface area contributed by atoms with Gasteiger partial charge in [-0.3, -0.25) is 4.98 Å². The van der Waals surface area contributed by atoms with Crippen molar-refractivity contribution in [1.82, 2.24) is 19.9 Å². The van der Waals surface area contributed by atoms with Gasteiger partial charge in [-0.15, -0.1) is 0 Å². The van der Waals surface area contributed by atoms with E-state index in [2.05, 4.69) is 30.6 Å². The van der Waals surface area contributed by atoms with E-state index in [0.29, 0.717) is 17.8 Å². The molecule has 0 aliphatic carbocycles. The summed E-state index contributed by atoms with van der Waals surface area (Å²) in [6, 6.07) is 3.98. The molecular weight excluding hydrogens is 254 g/mol. The van der Waals surface area contributed by atoms with Crippen LogP contribution in [0.4, 0.5) is 17.8 Å². The highest BCUT2D eigenvalue weighted by Gasteiger charge is 2.06. The summed E-state index contributed by atoms with van der Waals surface area (Å²) in [6.07, 6.45) is 4.50. The molecule has 0 aliphatic heterocycles. The lowest BCUT2D eigenvalue weighted by molar-refractivity contribution is 0.928. The van der Waals surface area contributed by atoms with Crippen LogP contribution in [0, 0.1) is 0 Å². The molecule has 0 saturated heterocycles. The van der Waals surface area contributed by atoms with Crippen LogP contribution in [0.15, 0.2) is 24.5 Å². The van der Waals surface area contributed by atoms with E-state index in [1.165, 1.54) is 5.56 Å². The average molecular weight is 273 g/mol. The monoisotopic (exact) mass is 273 g/mol. The number of aromatic nitrogens is 4. The second-order valence-electron chi connectivity index (χ2n) is 4.47. The lowest BCUT2D eigenvalue weighted by Gasteiger charge is -2.13. The summed E-state index contributed by atoms with van der Waals surface area (Å²) in [5, 5.41) is 6.14. The molecule has 0 unspecified atom stereocenters. The first-order chi connectivity index (χ1) is 9.69. The highest BCUT2D eigenvalue weighted by atomic mass is 15.3. The van der Waals surface area contributed by atoms with Gasteiger partial charge >= 0.3 is 0 Å². The molecule has 0 bridgehead atoms. The molecular formula is C13H19N7. The van der Waals surface area contributed by atoms with E-state index in [0.717, 1.165) is 13.0 Å². The number of hydrogen-bond acceptors (Lipinski definition) is 7. The van der Waals surface area contributed by atoms with Crippen molar-refractivity contribution in [1.29, 1.82) is 0 Å². The molecule has 2 aromatic heterocycles. The fraction of sp³-hybridized carbons (Fsp3) is 0.385. The lowest BCUT2D eigenvalue weighted by Crippen LogP contribution is -2.17. The summed E-state index contributed by atoms with van der Waals surface area (Å²) in [5.74, 6) is 1.73. The Morgan fingerprint density at radius 1 is 1.15 bits per heavy atom. The van der Waals surface area contributed by atoms with Crippen molar-refractivity contribution in [2.45, 2.75) is 6.42 Å². The van der Waals surface area contributed by atoms with Gasteiger partial charge in [0.05, 0.1) is 0 Å². The maximum Gasteiger partial charge on any atom is 0.231 e. The Kier molecular flexibility index (Phi) is 4.65. The summed E-state index contributed by atoms with van der Waals surface area (Å²) in [7, 11) is 5.58. The van der Waals surface area contributed by atoms with Crippen molar-refractivity contribution in [3.8, 4) is 0 Å². The van der Waals surface area contributed by atoms with Crippen LogP contribution in [-0.4, -0.2) is 47.6 Å². The summed E-state index contributed by atoms with van der Waals surface area (Å²) >= 11 is 0. The van der Waals surface area contributed by atoms with E-state index in [1.807, 2.05) is 37.3 Å². The molecule has 106 valence electrons. The van der Waals surface area contributed by atoms with Crippen LogP contribution in [-0.2, 0) is 6.42 Å². The van der Waals surface area contributed by atoms with Crippen molar-refractivity contribution < 1.29 is 0 Å². The van der Waals surface area contributed by atoms with Gasteiger partial charge < -0.3 is 15.5 Å². The Labute approximate surface area is 118 Å². The fourth-order valence-electron chi connectivity index (χ4n) is 1.62. The largest absolute Gasteiger partial charge is 0.357 e. The Morgan fingerprint density at radius 2 is 1.95 bits per heavy atom. The average Bonchev–Trinajstić information content (AvgIpc) is 2.48. The van der Waals surface area contributed by atoms with E-state index in [1.54, 1.807) is 13.2 Å². The summed E-state index contributed by atoms with van der Waals surface area (Å²) < 4.78 is 0. The van der Waals surface area contributed by atoms with Crippen molar-refractivity contribution in [3.05, 3.63) is 30.1 Å². The van der Waals surface area contributed by atoms with Gasteiger partial charge in [0.2, 0.25) is 17.8 Å². The third-order valence-electron chi connectivity index (χ3n) is 2.67. The van der Waals surface area contributed by atoms with Crippen LogP contribution in [0.25, 0.3) is 0 Å². The molecule has 0 aliphatic rings. The summed E-state index contributed by atoms with van der Waals surface area (Å²) in [5.41, 5.74) is 1.18. The van der Waals surface area contributed by atoms with Crippen molar-refractivity contribution in [3.63, 3.8) is 0 Å². The van der Waals surface area contributed by atoms with Crippen LogP contribution >= 0.6 is 0 Å². The number of anilines is 3. The minimum absolute atomic E-state index is 0.549. The SMILES string of the molecule is CNc1nc(NCCc2cccnc2)nc(N(C)C)n1. The first-order valence-corrected chi connectivity index (χ1v) is 6.43. The summed E-state index contributed by atoms with van der Waals surface area (Å²) in [6.45, 7) is 0.742. The van der Waals surface area contributed by atoms with Gasteiger partial charge in [0, 0.05) is 40.1 Å². The molecule has 0 fully saturated rings. The third kappa shape index (κ3) is 3.78. The molecule has 0 radical (unpaired) electrons.